The van der Waals surface area contributed by atoms with Crippen molar-refractivity contribution in [2.75, 3.05) is 19.0 Å². The smallest absolute Gasteiger partial charge is 0.257 e. The van der Waals surface area contributed by atoms with Gasteiger partial charge in [-0.05, 0) is 47.4 Å². The molecule has 5 nitrogen and oxygen atoms in total. The maximum Gasteiger partial charge on any atom is 0.257 e. The standard InChI is InChI=1S/C24H28N2O3/c1-24(2,3)18-7-5-17(6-8-18)22-14-13-21(29-22)15-26-19-9-11-20(12-10-19)28-16-23(27)25-4/h5-14,26H,15-16H2,1-4H3,(H,25,27). The third-order valence-corrected chi connectivity index (χ3v) is 4.67. The largest absolute Gasteiger partial charge is 0.484 e. The van der Waals surface area contributed by atoms with Gasteiger partial charge in [0.05, 0.1) is 6.54 Å². The Balaban J connectivity index is 1.56. The summed E-state index contributed by atoms with van der Waals surface area (Å²) in [5.74, 6) is 2.21. The van der Waals surface area contributed by atoms with Crippen LogP contribution >= 0.6 is 0 Å². The Morgan fingerprint density at radius 1 is 0.966 bits per heavy atom. The lowest BCUT2D eigenvalue weighted by molar-refractivity contribution is -0.122. The molecule has 0 aliphatic heterocycles. The molecule has 0 radical (unpaired) electrons. The van der Waals surface area contributed by atoms with Gasteiger partial charge in [-0.15, -0.1) is 0 Å². The van der Waals surface area contributed by atoms with Crippen LogP contribution in [0, 0.1) is 0 Å². The first-order valence-electron chi connectivity index (χ1n) is 9.72. The van der Waals surface area contributed by atoms with Crippen LogP contribution in [0.1, 0.15) is 32.1 Å². The molecular formula is C24H28N2O3. The number of anilines is 1. The van der Waals surface area contributed by atoms with E-state index in [0.29, 0.717) is 12.3 Å². The first kappa shape index (κ1) is 20.5. The van der Waals surface area contributed by atoms with Crippen LogP contribution < -0.4 is 15.4 Å². The molecule has 0 unspecified atom stereocenters. The summed E-state index contributed by atoms with van der Waals surface area (Å²) in [6.45, 7) is 7.21. The zero-order chi connectivity index (χ0) is 20.9. The number of likely N-dealkylation sites (N-methyl/N-ethyl adjacent to an activating group) is 1. The Morgan fingerprint density at radius 3 is 2.28 bits per heavy atom. The molecule has 0 saturated heterocycles. The normalized spacial score (nSPS) is 11.2. The van der Waals surface area contributed by atoms with Gasteiger partial charge in [-0.2, -0.15) is 0 Å². The van der Waals surface area contributed by atoms with Gasteiger partial charge in [-0.25, -0.2) is 0 Å². The Bertz CT molecular complexity index is 936. The Hall–Kier alpha value is -3.21. The zero-order valence-corrected chi connectivity index (χ0v) is 17.4. The molecule has 29 heavy (non-hydrogen) atoms. The maximum atomic E-state index is 11.2. The van der Waals surface area contributed by atoms with E-state index in [9.17, 15) is 4.79 Å². The molecule has 152 valence electrons. The van der Waals surface area contributed by atoms with Crippen molar-refractivity contribution < 1.29 is 13.9 Å². The Morgan fingerprint density at radius 2 is 1.66 bits per heavy atom. The zero-order valence-electron chi connectivity index (χ0n) is 17.4. The SMILES string of the molecule is CNC(=O)COc1ccc(NCc2ccc(-c3ccc(C(C)(C)C)cc3)o2)cc1. The first-order chi connectivity index (χ1) is 13.8. The minimum atomic E-state index is -0.158. The van der Waals surface area contributed by atoms with Crippen molar-refractivity contribution in [1.29, 1.82) is 0 Å². The van der Waals surface area contributed by atoms with Crippen LogP contribution in [0.15, 0.2) is 65.1 Å². The number of hydrogen-bond acceptors (Lipinski definition) is 4. The average molecular weight is 392 g/mol. The molecule has 3 rings (SSSR count). The summed E-state index contributed by atoms with van der Waals surface area (Å²) >= 11 is 0. The molecule has 2 aromatic carbocycles. The Labute approximate surface area is 172 Å². The summed E-state index contributed by atoms with van der Waals surface area (Å²) in [5, 5.41) is 5.85. The number of amides is 1. The van der Waals surface area contributed by atoms with E-state index in [0.717, 1.165) is 22.8 Å². The second kappa shape index (κ2) is 8.86. The third kappa shape index (κ3) is 5.64. The molecule has 1 heterocycles. The molecule has 3 aromatic rings. The topological polar surface area (TPSA) is 63.5 Å². The lowest BCUT2D eigenvalue weighted by Gasteiger charge is -2.18. The van der Waals surface area contributed by atoms with Gasteiger partial charge < -0.3 is 19.8 Å². The highest BCUT2D eigenvalue weighted by molar-refractivity contribution is 5.77. The minimum Gasteiger partial charge on any atom is -0.484 e. The number of carbonyl (C=O) groups is 1. The van der Waals surface area contributed by atoms with Crippen molar-refractivity contribution in [3.05, 3.63) is 72.0 Å². The second-order valence-corrected chi connectivity index (χ2v) is 7.93. The summed E-state index contributed by atoms with van der Waals surface area (Å²) in [6.07, 6.45) is 0. The first-order valence-corrected chi connectivity index (χ1v) is 9.72. The fourth-order valence-corrected chi connectivity index (χ4v) is 2.84. The highest BCUT2D eigenvalue weighted by Gasteiger charge is 2.13. The van der Waals surface area contributed by atoms with E-state index >= 15 is 0 Å². The number of ether oxygens (including phenoxy) is 1. The van der Waals surface area contributed by atoms with E-state index in [4.69, 9.17) is 9.15 Å². The Kier molecular flexibility index (Phi) is 6.27. The molecule has 0 fully saturated rings. The van der Waals surface area contributed by atoms with Crippen LogP contribution in [-0.4, -0.2) is 19.6 Å². The van der Waals surface area contributed by atoms with Crippen LogP contribution in [0.2, 0.25) is 0 Å². The fraction of sp³-hybridized carbons (Fsp3) is 0.292. The molecule has 2 N–H and O–H groups in total. The van der Waals surface area contributed by atoms with E-state index < -0.39 is 0 Å². The number of hydrogen-bond donors (Lipinski definition) is 2. The molecule has 0 aliphatic carbocycles. The molecule has 1 amide bonds. The number of carbonyl (C=O) groups excluding carboxylic acids is 1. The number of furan rings is 1. The molecule has 0 spiro atoms. The minimum absolute atomic E-state index is 0.00911. The molecule has 0 bridgehead atoms. The van der Waals surface area contributed by atoms with Crippen molar-refractivity contribution in [3.63, 3.8) is 0 Å². The highest BCUT2D eigenvalue weighted by atomic mass is 16.5. The van der Waals surface area contributed by atoms with E-state index in [2.05, 4.69) is 55.7 Å². The van der Waals surface area contributed by atoms with Crippen molar-refractivity contribution in [1.82, 2.24) is 5.32 Å². The van der Waals surface area contributed by atoms with Crippen LogP contribution in [0.5, 0.6) is 5.75 Å². The van der Waals surface area contributed by atoms with Gasteiger partial charge in [0.25, 0.3) is 5.91 Å². The van der Waals surface area contributed by atoms with Gasteiger partial charge in [0.2, 0.25) is 0 Å². The summed E-state index contributed by atoms with van der Waals surface area (Å²) in [4.78, 5) is 11.2. The molecule has 0 atom stereocenters. The molecule has 5 heteroatoms. The lowest BCUT2D eigenvalue weighted by Crippen LogP contribution is -2.24. The van der Waals surface area contributed by atoms with E-state index in [1.807, 2.05) is 36.4 Å². The predicted molar refractivity (Wildman–Crippen MR) is 116 cm³/mol. The number of rotatable bonds is 7. The number of nitrogens with one attached hydrogen (secondary N) is 2. The van der Waals surface area contributed by atoms with Gasteiger partial charge in [0, 0.05) is 18.3 Å². The van der Waals surface area contributed by atoms with Crippen molar-refractivity contribution in [2.45, 2.75) is 32.7 Å². The third-order valence-electron chi connectivity index (χ3n) is 4.67. The van der Waals surface area contributed by atoms with Gasteiger partial charge in [0.15, 0.2) is 6.61 Å². The lowest BCUT2D eigenvalue weighted by atomic mass is 9.86. The highest BCUT2D eigenvalue weighted by Crippen LogP contribution is 2.27. The van der Waals surface area contributed by atoms with Gasteiger partial charge >= 0.3 is 0 Å². The molecule has 1 aromatic heterocycles. The average Bonchev–Trinajstić information content (AvgIpc) is 3.20. The molecule has 0 aliphatic rings. The van der Waals surface area contributed by atoms with Gasteiger partial charge in [0.1, 0.15) is 17.3 Å². The van der Waals surface area contributed by atoms with Crippen molar-refractivity contribution in [3.8, 4) is 17.1 Å². The van der Waals surface area contributed by atoms with Gasteiger partial charge in [-0.3, -0.25) is 4.79 Å². The summed E-state index contributed by atoms with van der Waals surface area (Å²) < 4.78 is 11.4. The van der Waals surface area contributed by atoms with Crippen molar-refractivity contribution >= 4 is 11.6 Å². The predicted octanol–water partition coefficient (Wildman–Crippen LogP) is 4.98. The van der Waals surface area contributed by atoms with Crippen LogP contribution in [0.3, 0.4) is 0 Å². The summed E-state index contributed by atoms with van der Waals surface area (Å²) in [6, 6.07) is 20.0. The van der Waals surface area contributed by atoms with Crippen LogP contribution in [0.4, 0.5) is 5.69 Å². The fourth-order valence-electron chi connectivity index (χ4n) is 2.84. The van der Waals surface area contributed by atoms with Gasteiger partial charge in [-0.1, -0.05) is 45.0 Å². The summed E-state index contributed by atoms with van der Waals surface area (Å²) in [7, 11) is 1.58. The second-order valence-electron chi connectivity index (χ2n) is 7.93. The molecular weight excluding hydrogens is 364 g/mol. The van der Waals surface area contributed by atoms with Crippen LogP contribution in [0.25, 0.3) is 11.3 Å². The summed E-state index contributed by atoms with van der Waals surface area (Å²) in [5.41, 5.74) is 3.46. The van der Waals surface area contributed by atoms with Crippen molar-refractivity contribution in [2.24, 2.45) is 0 Å². The monoisotopic (exact) mass is 392 g/mol. The maximum absolute atomic E-state index is 11.2. The van der Waals surface area contributed by atoms with E-state index in [1.165, 1.54) is 5.56 Å². The van der Waals surface area contributed by atoms with E-state index in [1.54, 1.807) is 7.05 Å². The number of benzene rings is 2. The quantitative estimate of drug-likeness (QED) is 0.595. The van der Waals surface area contributed by atoms with Crippen LogP contribution in [-0.2, 0) is 16.8 Å². The van der Waals surface area contributed by atoms with E-state index in [-0.39, 0.29) is 17.9 Å². The molecule has 0 saturated carbocycles.